The van der Waals surface area contributed by atoms with Crippen molar-refractivity contribution in [2.45, 2.75) is 0 Å². The Morgan fingerprint density at radius 2 is 1.00 bits per heavy atom. The van der Waals surface area contributed by atoms with E-state index in [1.165, 1.54) is 48.5 Å². The van der Waals surface area contributed by atoms with Gasteiger partial charge in [0.1, 0.15) is 0 Å². The van der Waals surface area contributed by atoms with Gasteiger partial charge < -0.3 is 0 Å². The predicted octanol–water partition coefficient (Wildman–Crippen LogP) is 3.47. The van der Waals surface area contributed by atoms with Crippen LogP contribution in [0.1, 0.15) is 11.1 Å². The number of nitrogens with zero attached hydrogens (tertiary/aromatic N) is 2. The van der Waals surface area contributed by atoms with Gasteiger partial charge in [-0.2, -0.15) is 0 Å². The van der Waals surface area contributed by atoms with Crippen LogP contribution in [-0.2, 0) is 0 Å². The molecule has 0 N–H and O–H groups in total. The number of allylic oxidation sites excluding steroid dienone is 2. The first-order valence-electron chi connectivity index (χ1n) is 7.65. The monoisotopic (exact) mass is 366 g/mol. The Morgan fingerprint density at radius 1 is 0.679 bits per heavy atom. The number of non-ortho nitro benzene ring substituents is 2. The van der Waals surface area contributed by atoms with Crippen molar-refractivity contribution in [3.63, 3.8) is 0 Å². The molecule has 2 aromatic carbocycles. The summed E-state index contributed by atoms with van der Waals surface area (Å²) in [5.41, 5.74) is 1.34. The molecule has 2 aromatic rings. The zero-order valence-corrected chi connectivity index (χ0v) is 14.3. The second kappa shape index (κ2) is 9.07. The van der Waals surface area contributed by atoms with Gasteiger partial charge in [-0.1, -0.05) is 35.5 Å². The Labute approximate surface area is 161 Å². The van der Waals surface area contributed by atoms with Crippen LogP contribution in [0.15, 0.2) is 59.7 Å². The second-order valence-corrected chi connectivity index (χ2v) is 5.15. The van der Waals surface area contributed by atoms with Crippen molar-refractivity contribution in [1.82, 2.24) is 0 Å². The van der Waals surface area contributed by atoms with Crippen LogP contribution >= 0.6 is 0 Å². The lowest BCUT2D eigenvalue weighted by Gasteiger charge is -1.93. The highest BCUT2D eigenvalue weighted by atomic mass is 16.6. The molecule has 0 unspecified atom stereocenters. The summed E-state index contributed by atoms with van der Waals surface area (Å²) >= 11 is 0. The maximum Gasteiger partial charge on any atom is 0.269 e. The molecule has 0 heterocycles. The fourth-order valence-corrected chi connectivity index (χ4v) is 1.94. The van der Waals surface area contributed by atoms with Crippen LogP contribution in [0.3, 0.4) is 0 Å². The van der Waals surface area contributed by atoms with Crippen molar-refractivity contribution in [3.05, 3.63) is 91.0 Å². The quantitative estimate of drug-likeness (QED) is 0.463. The number of nitro benzene ring substituents is 2. The third-order valence-corrected chi connectivity index (χ3v) is 3.36. The van der Waals surface area contributed by atoms with Gasteiger partial charge in [0.2, 0.25) is 0 Å². The average Bonchev–Trinajstić information content (AvgIpc) is 2.71. The first-order chi connectivity index (χ1) is 13.4. The molecule has 0 spiro atoms. The van der Waals surface area contributed by atoms with Gasteiger partial charge in [-0.15, -0.1) is 12.8 Å². The number of terminal acetylenes is 2. The molecule has 0 saturated heterocycles. The smallest absolute Gasteiger partial charge is 0.258 e. The molecule has 0 aliphatic carbocycles. The highest BCUT2D eigenvalue weighted by molar-refractivity contribution is 5.62. The van der Waals surface area contributed by atoms with E-state index in [4.69, 9.17) is 12.8 Å². The molecule has 28 heavy (non-hydrogen) atoms. The minimum Gasteiger partial charge on any atom is -0.258 e. The number of nitro groups is 2. The first kappa shape index (κ1) is 19.5. The van der Waals surface area contributed by atoms with Gasteiger partial charge in [0, 0.05) is 35.4 Å². The van der Waals surface area contributed by atoms with Crippen LogP contribution in [0.5, 0.6) is 0 Å². The summed E-state index contributed by atoms with van der Waals surface area (Å²) in [6.07, 6.45) is 10.9. The number of benzene rings is 2. The average molecular weight is 366 g/mol. The van der Waals surface area contributed by atoms with E-state index in [-0.39, 0.29) is 22.5 Å². The van der Waals surface area contributed by atoms with Crippen LogP contribution in [0, 0.1) is 68.6 Å². The highest BCUT2D eigenvalue weighted by Crippen LogP contribution is 2.12. The molecule has 0 radical (unpaired) electrons. The normalized spacial score (nSPS) is 9.93. The summed E-state index contributed by atoms with van der Waals surface area (Å²) in [6.45, 7) is 0. The van der Waals surface area contributed by atoms with Gasteiger partial charge in [0.25, 0.3) is 11.4 Å². The third kappa shape index (κ3) is 5.11. The van der Waals surface area contributed by atoms with E-state index in [1.54, 1.807) is 0 Å². The summed E-state index contributed by atoms with van der Waals surface area (Å²) in [5, 5.41) is 21.3. The minimum absolute atomic E-state index is 0.0449. The largest absolute Gasteiger partial charge is 0.269 e. The Bertz CT molecular complexity index is 1070. The van der Waals surface area contributed by atoms with Crippen molar-refractivity contribution in [3.8, 4) is 48.4 Å². The van der Waals surface area contributed by atoms with Crippen molar-refractivity contribution in [2.24, 2.45) is 0 Å². The predicted molar refractivity (Wildman–Crippen MR) is 105 cm³/mol. The summed E-state index contributed by atoms with van der Waals surface area (Å²) in [4.78, 5) is 20.3. The van der Waals surface area contributed by atoms with E-state index in [0.717, 1.165) is 0 Å². The van der Waals surface area contributed by atoms with Crippen LogP contribution in [-0.4, -0.2) is 9.85 Å². The molecule has 0 aliphatic rings. The molecule has 0 amide bonds. The van der Waals surface area contributed by atoms with Gasteiger partial charge in [-0.05, 0) is 24.3 Å². The summed E-state index contributed by atoms with van der Waals surface area (Å²) in [7, 11) is 0. The zero-order chi connectivity index (χ0) is 20.5. The maximum absolute atomic E-state index is 10.7. The van der Waals surface area contributed by atoms with E-state index in [2.05, 4.69) is 35.5 Å². The lowest BCUT2D eigenvalue weighted by Crippen LogP contribution is -1.88. The molecule has 0 atom stereocenters. The molecule has 0 saturated carbocycles. The summed E-state index contributed by atoms with van der Waals surface area (Å²) in [5.74, 6) is 15.8. The summed E-state index contributed by atoms with van der Waals surface area (Å²) in [6, 6.07) is 11.3. The molecular formula is C22H10N2O4. The highest BCUT2D eigenvalue weighted by Gasteiger charge is 2.04. The molecule has 0 fully saturated rings. The lowest BCUT2D eigenvalue weighted by atomic mass is 10.1. The molecule has 0 aromatic heterocycles. The molecule has 6 heteroatoms. The van der Waals surface area contributed by atoms with E-state index in [1.807, 2.05) is 0 Å². The number of hydrogen-bond donors (Lipinski definition) is 0. The second-order valence-electron chi connectivity index (χ2n) is 5.15. The van der Waals surface area contributed by atoms with Crippen molar-refractivity contribution < 1.29 is 9.85 Å². The van der Waals surface area contributed by atoms with Gasteiger partial charge in [0.05, 0.1) is 21.0 Å². The number of hydrogen-bond acceptors (Lipinski definition) is 4. The molecule has 0 aliphatic heterocycles. The van der Waals surface area contributed by atoms with Crippen molar-refractivity contribution >= 4 is 11.4 Å². The van der Waals surface area contributed by atoms with E-state index >= 15 is 0 Å². The Hall–Kier alpha value is -4.78. The zero-order valence-electron chi connectivity index (χ0n) is 14.3. The van der Waals surface area contributed by atoms with Gasteiger partial charge in [-0.25, -0.2) is 0 Å². The van der Waals surface area contributed by atoms with Crippen molar-refractivity contribution in [1.29, 1.82) is 0 Å². The Kier molecular flexibility index (Phi) is 6.33. The Morgan fingerprint density at radius 3 is 1.25 bits per heavy atom. The molecule has 2 rings (SSSR count). The van der Waals surface area contributed by atoms with E-state index < -0.39 is 9.85 Å². The fourth-order valence-electron chi connectivity index (χ4n) is 1.94. The Balaban J connectivity index is 2.32. The van der Waals surface area contributed by atoms with E-state index in [9.17, 15) is 20.2 Å². The van der Waals surface area contributed by atoms with Crippen LogP contribution in [0.25, 0.3) is 0 Å². The maximum atomic E-state index is 10.7. The molecule has 0 bridgehead atoms. The standard InChI is InChI=1S/C22H10N2O4/c1-3-19(11-5-17-7-13-21(14-8-17)23(25)26)20(4-2)12-6-18-9-15-22(16-10-18)24(27)28/h1-2,7-10,13-16H/b20-19+. The molecule has 132 valence electrons. The van der Waals surface area contributed by atoms with Gasteiger partial charge in [0.15, 0.2) is 0 Å². The molecule has 6 nitrogen and oxygen atoms in total. The fraction of sp³-hybridized carbons (Fsp3) is 0. The lowest BCUT2D eigenvalue weighted by molar-refractivity contribution is -0.385. The molecular weight excluding hydrogens is 356 g/mol. The van der Waals surface area contributed by atoms with Crippen LogP contribution in [0.2, 0.25) is 0 Å². The third-order valence-electron chi connectivity index (χ3n) is 3.36. The minimum atomic E-state index is -0.506. The number of rotatable bonds is 2. The van der Waals surface area contributed by atoms with Gasteiger partial charge >= 0.3 is 0 Å². The van der Waals surface area contributed by atoms with Gasteiger partial charge in [-0.3, -0.25) is 20.2 Å². The SMILES string of the molecule is C#C/C(C#Cc1ccc([N+](=O)[O-])cc1)=C(/C#C)C#Cc1ccc([N+](=O)[O-])cc1. The summed E-state index contributed by atoms with van der Waals surface area (Å²) < 4.78 is 0. The topological polar surface area (TPSA) is 86.3 Å². The van der Waals surface area contributed by atoms with Crippen LogP contribution < -0.4 is 0 Å². The van der Waals surface area contributed by atoms with Crippen molar-refractivity contribution in [2.75, 3.05) is 0 Å². The first-order valence-corrected chi connectivity index (χ1v) is 7.65. The van der Waals surface area contributed by atoms with E-state index in [0.29, 0.717) is 11.1 Å². The van der Waals surface area contributed by atoms with Crippen LogP contribution in [0.4, 0.5) is 11.4 Å².